The van der Waals surface area contributed by atoms with Gasteiger partial charge in [-0.3, -0.25) is 0 Å². The van der Waals surface area contributed by atoms with E-state index in [1.54, 1.807) is 11.1 Å². The summed E-state index contributed by atoms with van der Waals surface area (Å²) in [6, 6.07) is 0. The normalized spacial score (nSPS) is 22.9. The Bertz CT molecular complexity index is 501. The molecule has 2 aliphatic rings. The van der Waals surface area contributed by atoms with Crippen LogP contribution in [0.3, 0.4) is 0 Å². The summed E-state index contributed by atoms with van der Waals surface area (Å²) in [6.45, 7) is 9.47. The first-order chi connectivity index (χ1) is 14.3. The largest absolute Gasteiger partial charge is 0.303 e. The Morgan fingerprint density at radius 2 is 1.00 bits per heavy atom. The number of carbonyl (C=O) groups excluding carboxylic acids is 2. The Labute approximate surface area is 187 Å². The van der Waals surface area contributed by atoms with Crippen LogP contribution in [0.25, 0.3) is 0 Å². The lowest BCUT2D eigenvalue weighted by Crippen LogP contribution is -2.16. The summed E-state index contributed by atoms with van der Waals surface area (Å²) in [5, 5.41) is 0. The van der Waals surface area contributed by atoms with E-state index in [0.29, 0.717) is 10.8 Å². The van der Waals surface area contributed by atoms with Crippen LogP contribution in [0.15, 0.2) is 23.3 Å². The number of unbranched alkanes of at least 4 members (excludes halogenated alkanes) is 6. The van der Waals surface area contributed by atoms with E-state index in [2.05, 4.69) is 39.8 Å². The van der Waals surface area contributed by atoms with Crippen molar-refractivity contribution in [3.8, 4) is 0 Å². The van der Waals surface area contributed by atoms with Crippen LogP contribution in [0.2, 0.25) is 0 Å². The number of carbonyl (C=O) groups is 2. The molecule has 0 spiro atoms. The number of rotatable bonds is 10. The van der Waals surface area contributed by atoms with Crippen LogP contribution >= 0.6 is 0 Å². The Morgan fingerprint density at radius 3 is 1.33 bits per heavy atom. The number of hydrogen-bond donors (Lipinski definition) is 0. The summed E-state index contributed by atoms with van der Waals surface area (Å²) >= 11 is 0. The van der Waals surface area contributed by atoms with Crippen molar-refractivity contribution in [3.05, 3.63) is 23.3 Å². The maximum absolute atomic E-state index is 10.1. The van der Waals surface area contributed by atoms with E-state index in [-0.39, 0.29) is 0 Å². The molecule has 0 aromatic carbocycles. The maximum atomic E-state index is 10.1. The molecule has 2 aliphatic carbocycles. The molecular formula is C28H48O2. The van der Waals surface area contributed by atoms with Crippen LogP contribution in [0.5, 0.6) is 0 Å². The minimum Gasteiger partial charge on any atom is -0.303 e. The Morgan fingerprint density at radius 1 is 0.633 bits per heavy atom. The molecule has 0 aliphatic heterocycles. The Kier molecular flexibility index (Phi) is 13.2. The lowest BCUT2D eigenvalue weighted by molar-refractivity contribution is -0.108. The molecule has 2 nitrogen and oxygen atoms in total. The van der Waals surface area contributed by atoms with Gasteiger partial charge in [-0.05, 0) is 101 Å². The molecule has 0 radical (unpaired) electrons. The molecule has 2 rings (SSSR count). The van der Waals surface area contributed by atoms with Crippen LogP contribution in [0.4, 0.5) is 0 Å². The van der Waals surface area contributed by atoms with Gasteiger partial charge in [0.25, 0.3) is 0 Å². The number of allylic oxidation sites excluding steroid dienone is 4. The third kappa shape index (κ3) is 13.2. The van der Waals surface area contributed by atoms with Crippen LogP contribution < -0.4 is 0 Å². The lowest BCUT2D eigenvalue weighted by atomic mass is 9.75. The van der Waals surface area contributed by atoms with Gasteiger partial charge in [0.05, 0.1) is 0 Å². The third-order valence-electron chi connectivity index (χ3n) is 6.53. The molecular weight excluding hydrogens is 368 g/mol. The van der Waals surface area contributed by atoms with Crippen molar-refractivity contribution in [2.75, 3.05) is 0 Å². The fraction of sp³-hybridized carbons (Fsp3) is 0.786. The molecule has 2 saturated carbocycles. The molecule has 0 aromatic rings. The van der Waals surface area contributed by atoms with Gasteiger partial charge >= 0.3 is 0 Å². The molecule has 0 atom stereocenters. The third-order valence-corrected chi connectivity index (χ3v) is 6.53. The van der Waals surface area contributed by atoms with Crippen molar-refractivity contribution in [2.45, 2.75) is 130 Å². The summed E-state index contributed by atoms with van der Waals surface area (Å²) in [6.07, 6.45) is 25.7. The number of hydrogen-bond acceptors (Lipinski definition) is 2. The molecule has 30 heavy (non-hydrogen) atoms. The smallest absolute Gasteiger partial charge is 0.119 e. The number of aldehydes is 2. The Balaban J connectivity index is 0.000000300. The summed E-state index contributed by atoms with van der Waals surface area (Å²) in [4.78, 5) is 20.3. The highest BCUT2D eigenvalue weighted by Gasteiger charge is 2.24. The van der Waals surface area contributed by atoms with Gasteiger partial charge in [-0.25, -0.2) is 0 Å². The topological polar surface area (TPSA) is 34.1 Å². The fourth-order valence-corrected chi connectivity index (χ4v) is 4.88. The quantitative estimate of drug-likeness (QED) is 0.203. The van der Waals surface area contributed by atoms with Gasteiger partial charge in [-0.2, -0.15) is 0 Å². The minimum absolute atomic E-state index is 0.521. The van der Waals surface area contributed by atoms with Crippen LogP contribution in [0, 0.1) is 10.8 Å². The first-order valence-electron chi connectivity index (χ1n) is 12.5. The SMILES string of the molecule is CC1(C)CCCC(=CCCCCC=O)C1.CC1(C)CCCC(=CCCCCC=O)C1. The van der Waals surface area contributed by atoms with E-state index in [0.717, 1.165) is 38.3 Å². The average molecular weight is 417 g/mol. The Hall–Kier alpha value is -1.18. The second-order valence-electron chi connectivity index (χ2n) is 11.0. The molecule has 172 valence electrons. The van der Waals surface area contributed by atoms with Gasteiger partial charge in [0.15, 0.2) is 0 Å². The second kappa shape index (κ2) is 14.8. The predicted molar refractivity (Wildman–Crippen MR) is 130 cm³/mol. The van der Waals surface area contributed by atoms with Gasteiger partial charge in [0.1, 0.15) is 12.6 Å². The van der Waals surface area contributed by atoms with E-state index < -0.39 is 0 Å². The predicted octanol–water partition coefficient (Wildman–Crippen LogP) is 8.54. The van der Waals surface area contributed by atoms with Crippen molar-refractivity contribution in [3.63, 3.8) is 0 Å². The van der Waals surface area contributed by atoms with Crippen molar-refractivity contribution >= 4 is 12.6 Å². The molecule has 0 unspecified atom stereocenters. The van der Waals surface area contributed by atoms with Gasteiger partial charge in [-0.15, -0.1) is 0 Å². The van der Waals surface area contributed by atoms with Crippen molar-refractivity contribution < 1.29 is 9.59 Å². The van der Waals surface area contributed by atoms with Crippen molar-refractivity contribution in [1.82, 2.24) is 0 Å². The van der Waals surface area contributed by atoms with E-state index in [1.807, 2.05) is 0 Å². The molecule has 2 fully saturated rings. The zero-order chi connectivity index (χ0) is 22.3. The minimum atomic E-state index is 0.521. The second-order valence-corrected chi connectivity index (χ2v) is 11.0. The van der Waals surface area contributed by atoms with E-state index in [4.69, 9.17) is 0 Å². The first-order valence-corrected chi connectivity index (χ1v) is 12.5. The first kappa shape index (κ1) is 26.9. The van der Waals surface area contributed by atoms with Crippen LogP contribution in [-0.2, 0) is 9.59 Å². The summed E-state index contributed by atoms with van der Waals surface area (Å²) in [5.74, 6) is 0. The van der Waals surface area contributed by atoms with Crippen LogP contribution in [-0.4, -0.2) is 12.6 Å². The van der Waals surface area contributed by atoms with E-state index >= 15 is 0 Å². The van der Waals surface area contributed by atoms with E-state index in [9.17, 15) is 9.59 Å². The summed E-state index contributed by atoms with van der Waals surface area (Å²) in [5.41, 5.74) is 4.34. The van der Waals surface area contributed by atoms with Crippen molar-refractivity contribution in [1.29, 1.82) is 0 Å². The monoisotopic (exact) mass is 416 g/mol. The summed E-state index contributed by atoms with van der Waals surface area (Å²) < 4.78 is 0. The van der Waals surface area contributed by atoms with Gasteiger partial charge in [0.2, 0.25) is 0 Å². The lowest BCUT2D eigenvalue weighted by Gasteiger charge is -2.31. The molecule has 0 saturated heterocycles. The molecule has 0 N–H and O–H groups in total. The van der Waals surface area contributed by atoms with Crippen LogP contribution in [0.1, 0.15) is 130 Å². The molecule has 2 heteroatoms. The van der Waals surface area contributed by atoms with Gasteiger partial charge in [0, 0.05) is 12.8 Å². The summed E-state index contributed by atoms with van der Waals surface area (Å²) in [7, 11) is 0. The highest BCUT2D eigenvalue weighted by Crippen LogP contribution is 2.39. The molecule has 0 aromatic heterocycles. The standard InChI is InChI=1S/2C14H24O/c2*1-14(2)10-7-9-13(12-14)8-5-3-4-6-11-15/h2*8,11H,3-7,9-10,12H2,1-2H3. The zero-order valence-corrected chi connectivity index (χ0v) is 20.4. The van der Waals surface area contributed by atoms with Gasteiger partial charge < -0.3 is 9.59 Å². The average Bonchev–Trinajstić information content (AvgIpc) is 2.67. The van der Waals surface area contributed by atoms with Gasteiger partial charge in [-0.1, -0.05) is 51.0 Å². The molecule has 0 amide bonds. The fourth-order valence-electron chi connectivity index (χ4n) is 4.88. The highest BCUT2D eigenvalue weighted by atomic mass is 16.1. The maximum Gasteiger partial charge on any atom is 0.119 e. The van der Waals surface area contributed by atoms with Crippen molar-refractivity contribution in [2.24, 2.45) is 10.8 Å². The highest BCUT2D eigenvalue weighted by molar-refractivity contribution is 5.49. The molecule has 0 heterocycles. The van der Waals surface area contributed by atoms with E-state index in [1.165, 1.54) is 77.0 Å². The zero-order valence-electron chi connectivity index (χ0n) is 20.4. The molecule has 0 bridgehead atoms.